The minimum atomic E-state index is 0.467. The molecule has 0 aromatic heterocycles. The second kappa shape index (κ2) is 6.77. The van der Waals surface area contributed by atoms with E-state index in [4.69, 9.17) is 0 Å². The molecule has 0 aromatic carbocycles. The summed E-state index contributed by atoms with van der Waals surface area (Å²) in [7, 11) is 0. The Labute approximate surface area is 99.2 Å². The highest BCUT2D eigenvalue weighted by molar-refractivity contribution is 8.00. The second-order valence-corrected chi connectivity index (χ2v) is 6.79. The van der Waals surface area contributed by atoms with Crippen molar-refractivity contribution >= 4 is 11.8 Å². The van der Waals surface area contributed by atoms with Crippen LogP contribution in [0.5, 0.6) is 0 Å². The third kappa shape index (κ3) is 5.79. The molecule has 0 amide bonds. The molecule has 0 aliphatic carbocycles. The largest absolute Gasteiger partial charge is 0.317 e. The van der Waals surface area contributed by atoms with Crippen LogP contribution < -0.4 is 5.32 Å². The number of hydrogen-bond acceptors (Lipinski definition) is 3. The van der Waals surface area contributed by atoms with E-state index >= 15 is 0 Å². The molecule has 0 atom stereocenters. The first kappa shape index (κ1) is 13.3. The van der Waals surface area contributed by atoms with Gasteiger partial charge in [0.05, 0.1) is 0 Å². The van der Waals surface area contributed by atoms with Gasteiger partial charge in [-0.05, 0) is 46.3 Å². The lowest BCUT2D eigenvalue weighted by molar-refractivity contribution is 0.256. The summed E-state index contributed by atoms with van der Waals surface area (Å²) < 4.78 is 0.467. The van der Waals surface area contributed by atoms with Crippen LogP contribution in [0.25, 0.3) is 0 Å². The molecular weight excluding hydrogens is 204 g/mol. The van der Waals surface area contributed by atoms with E-state index in [0.717, 1.165) is 0 Å². The summed E-state index contributed by atoms with van der Waals surface area (Å²) in [6.07, 6.45) is 2.54. The molecule has 0 unspecified atom stereocenters. The molecule has 0 radical (unpaired) electrons. The van der Waals surface area contributed by atoms with Crippen LogP contribution in [0.3, 0.4) is 0 Å². The summed E-state index contributed by atoms with van der Waals surface area (Å²) in [6.45, 7) is 13.1. The molecule has 0 bridgehead atoms. The summed E-state index contributed by atoms with van der Waals surface area (Å²) in [5.74, 6) is 1.30. The van der Waals surface area contributed by atoms with Crippen molar-refractivity contribution in [3.8, 4) is 0 Å². The van der Waals surface area contributed by atoms with Crippen molar-refractivity contribution in [3.63, 3.8) is 0 Å². The maximum atomic E-state index is 3.46. The maximum absolute atomic E-state index is 3.46. The Hall–Kier alpha value is 0.270. The van der Waals surface area contributed by atoms with Crippen LogP contribution in [-0.4, -0.2) is 48.1 Å². The molecule has 1 fully saturated rings. The molecule has 0 aromatic rings. The lowest BCUT2D eigenvalue weighted by Gasteiger charge is -2.37. The van der Waals surface area contributed by atoms with Gasteiger partial charge < -0.3 is 10.2 Å². The Balaban J connectivity index is 2.05. The van der Waals surface area contributed by atoms with E-state index in [0.29, 0.717) is 4.75 Å². The average molecular weight is 230 g/mol. The highest BCUT2D eigenvalue weighted by atomic mass is 32.2. The summed E-state index contributed by atoms with van der Waals surface area (Å²) in [5, 5.41) is 3.46. The van der Waals surface area contributed by atoms with E-state index in [1.807, 2.05) is 0 Å². The molecule has 0 saturated carbocycles. The molecule has 1 rings (SSSR count). The number of rotatable bonds is 6. The molecule has 2 nitrogen and oxygen atoms in total. The first-order valence-corrected chi connectivity index (χ1v) is 7.19. The topological polar surface area (TPSA) is 15.3 Å². The van der Waals surface area contributed by atoms with Gasteiger partial charge in [-0.3, -0.25) is 0 Å². The molecule has 0 spiro atoms. The van der Waals surface area contributed by atoms with Gasteiger partial charge in [0.2, 0.25) is 0 Å². The van der Waals surface area contributed by atoms with Crippen LogP contribution in [0.2, 0.25) is 0 Å². The summed E-state index contributed by atoms with van der Waals surface area (Å²) in [6, 6.07) is 0. The van der Waals surface area contributed by atoms with Crippen molar-refractivity contribution in [3.05, 3.63) is 0 Å². The molecule has 1 saturated heterocycles. The maximum Gasteiger partial charge on any atom is 0.0231 e. The SMILES string of the molecule is CCCNCCCN1CCSC(C)(C)C1. The molecule has 1 aliphatic heterocycles. The summed E-state index contributed by atoms with van der Waals surface area (Å²) in [4.78, 5) is 2.62. The third-order valence-electron chi connectivity index (χ3n) is 2.76. The lowest BCUT2D eigenvalue weighted by atomic mass is 10.2. The summed E-state index contributed by atoms with van der Waals surface area (Å²) >= 11 is 2.11. The predicted octanol–water partition coefficient (Wildman–Crippen LogP) is 2.20. The Morgan fingerprint density at radius 1 is 1.33 bits per heavy atom. The number of nitrogens with zero attached hydrogens (tertiary/aromatic N) is 1. The minimum Gasteiger partial charge on any atom is -0.317 e. The van der Waals surface area contributed by atoms with Gasteiger partial charge in [0.1, 0.15) is 0 Å². The van der Waals surface area contributed by atoms with E-state index < -0.39 is 0 Å². The Morgan fingerprint density at radius 2 is 2.13 bits per heavy atom. The monoisotopic (exact) mass is 230 g/mol. The van der Waals surface area contributed by atoms with Crippen LogP contribution in [0, 0.1) is 0 Å². The van der Waals surface area contributed by atoms with E-state index in [1.54, 1.807) is 0 Å². The van der Waals surface area contributed by atoms with Crippen molar-refractivity contribution in [1.82, 2.24) is 10.2 Å². The van der Waals surface area contributed by atoms with Gasteiger partial charge in [-0.1, -0.05) is 6.92 Å². The van der Waals surface area contributed by atoms with Gasteiger partial charge in [0, 0.05) is 23.6 Å². The Bertz CT molecular complexity index is 171. The zero-order valence-corrected chi connectivity index (χ0v) is 11.3. The van der Waals surface area contributed by atoms with Gasteiger partial charge >= 0.3 is 0 Å². The zero-order chi connectivity index (χ0) is 11.1. The van der Waals surface area contributed by atoms with Gasteiger partial charge in [-0.2, -0.15) is 11.8 Å². The first-order chi connectivity index (χ1) is 7.14. The van der Waals surface area contributed by atoms with Crippen LogP contribution in [-0.2, 0) is 0 Å². The molecular formula is C12H26N2S. The summed E-state index contributed by atoms with van der Waals surface area (Å²) in [5.41, 5.74) is 0. The third-order valence-corrected chi connectivity index (χ3v) is 4.06. The number of hydrogen-bond donors (Lipinski definition) is 1. The van der Waals surface area contributed by atoms with E-state index in [-0.39, 0.29) is 0 Å². The molecule has 3 heteroatoms. The van der Waals surface area contributed by atoms with Crippen molar-refractivity contribution < 1.29 is 0 Å². The van der Waals surface area contributed by atoms with E-state index in [2.05, 4.69) is 42.7 Å². The Morgan fingerprint density at radius 3 is 2.80 bits per heavy atom. The van der Waals surface area contributed by atoms with E-state index in [9.17, 15) is 0 Å². The van der Waals surface area contributed by atoms with Gasteiger partial charge in [-0.15, -0.1) is 0 Å². The van der Waals surface area contributed by atoms with E-state index in [1.165, 1.54) is 51.3 Å². The van der Waals surface area contributed by atoms with Gasteiger partial charge in [0.25, 0.3) is 0 Å². The fourth-order valence-electron chi connectivity index (χ4n) is 2.03. The van der Waals surface area contributed by atoms with Gasteiger partial charge in [0.15, 0.2) is 0 Å². The zero-order valence-electron chi connectivity index (χ0n) is 10.5. The molecule has 1 aliphatic rings. The van der Waals surface area contributed by atoms with Crippen molar-refractivity contribution in [2.45, 2.75) is 38.4 Å². The smallest absolute Gasteiger partial charge is 0.0231 e. The van der Waals surface area contributed by atoms with Crippen LogP contribution in [0.15, 0.2) is 0 Å². The molecule has 90 valence electrons. The molecule has 15 heavy (non-hydrogen) atoms. The second-order valence-electron chi connectivity index (χ2n) is 4.99. The van der Waals surface area contributed by atoms with Crippen molar-refractivity contribution in [1.29, 1.82) is 0 Å². The van der Waals surface area contributed by atoms with Crippen molar-refractivity contribution in [2.75, 3.05) is 38.5 Å². The highest BCUT2D eigenvalue weighted by Crippen LogP contribution is 2.29. The molecule has 1 heterocycles. The average Bonchev–Trinajstić information content (AvgIpc) is 2.16. The minimum absolute atomic E-state index is 0.467. The van der Waals surface area contributed by atoms with Crippen molar-refractivity contribution in [2.24, 2.45) is 0 Å². The normalized spacial score (nSPS) is 21.8. The van der Waals surface area contributed by atoms with Crippen LogP contribution in [0.1, 0.15) is 33.6 Å². The van der Waals surface area contributed by atoms with Crippen LogP contribution >= 0.6 is 11.8 Å². The number of nitrogens with one attached hydrogen (secondary N) is 1. The lowest BCUT2D eigenvalue weighted by Crippen LogP contribution is -2.43. The molecule has 1 N–H and O–H groups in total. The predicted molar refractivity (Wildman–Crippen MR) is 70.8 cm³/mol. The first-order valence-electron chi connectivity index (χ1n) is 6.21. The van der Waals surface area contributed by atoms with Gasteiger partial charge in [-0.25, -0.2) is 0 Å². The van der Waals surface area contributed by atoms with Crippen LogP contribution in [0.4, 0.5) is 0 Å². The fourth-order valence-corrected chi connectivity index (χ4v) is 3.21. The highest BCUT2D eigenvalue weighted by Gasteiger charge is 2.26. The number of thioether (sulfide) groups is 1. The fraction of sp³-hybridized carbons (Fsp3) is 1.00. The quantitative estimate of drug-likeness (QED) is 0.704. The standard InChI is InChI=1S/C12H26N2S/c1-4-6-13-7-5-8-14-9-10-15-12(2,3)11-14/h13H,4-11H2,1-3H3. The Kier molecular flexibility index (Phi) is 6.02.